The Morgan fingerprint density at radius 3 is 2.28 bits per heavy atom. The summed E-state index contributed by atoms with van der Waals surface area (Å²) in [6.45, 7) is 4.59. The molecule has 1 atom stereocenters. The molecule has 0 spiro atoms. The summed E-state index contributed by atoms with van der Waals surface area (Å²) in [5.41, 5.74) is 5.74. The highest BCUT2D eigenvalue weighted by Gasteiger charge is 2.31. The Kier molecular flexibility index (Phi) is 11.1. The molecule has 3 aromatic carbocycles. The van der Waals surface area contributed by atoms with Crippen LogP contribution >= 0.6 is 27.7 Å². The second-order valence-corrected chi connectivity index (χ2v) is 12.6. The van der Waals surface area contributed by atoms with Gasteiger partial charge in [0.2, 0.25) is 11.8 Å². The van der Waals surface area contributed by atoms with Gasteiger partial charge in [0.05, 0.1) is 5.75 Å². The van der Waals surface area contributed by atoms with Gasteiger partial charge in [0.25, 0.3) is 0 Å². The molecule has 2 amide bonds. The fourth-order valence-corrected chi connectivity index (χ4v) is 6.71. The number of halogens is 1. The molecule has 1 aliphatic rings. The molecule has 1 unspecified atom stereocenters. The van der Waals surface area contributed by atoms with Gasteiger partial charge in [0, 0.05) is 29.2 Å². The molecule has 1 N–H and O–H groups in total. The molecule has 1 fully saturated rings. The number of aryl methyl sites for hydroxylation is 2. The van der Waals surface area contributed by atoms with Gasteiger partial charge >= 0.3 is 0 Å². The lowest BCUT2D eigenvalue weighted by Crippen LogP contribution is -2.53. The SMILES string of the molecule is Cc1cc(C)cc(CSCC(=O)N(Cc2cccc(Br)c2)C(Cc2ccccc2)C(=O)NC2CCCCC2)c1. The average molecular weight is 608 g/mol. The Bertz CT molecular complexity index is 1220. The van der Waals surface area contributed by atoms with E-state index < -0.39 is 6.04 Å². The summed E-state index contributed by atoms with van der Waals surface area (Å²) >= 11 is 5.18. The summed E-state index contributed by atoms with van der Waals surface area (Å²) in [5.74, 6) is 1.03. The Hall–Kier alpha value is -2.57. The van der Waals surface area contributed by atoms with Crippen molar-refractivity contribution >= 4 is 39.5 Å². The van der Waals surface area contributed by atoms with Gasteiger partial charge in [0.1, 0.15) is 6.04 Å². The van der Waals surface area contributed by atoms with Crippen LogP contribution in [-0.2, 0) is 28.3 Å². The number of hydrogen-bond donors (Lipinski definition) is 1. The molecule has 0 bridgehead atoms. The van der Waals surface area contributed by atoms with Gasteiger partial charge in [-0.15, -0.1) is 11.8 Å². The van der Waals surface area contributed by atoms with Crippen LogP contribution < -0.4 is 5.32 Å². The van der Waals surface area contributed by atoms with Crippen molar-refractivity contribution in [2.45, 2.75) is 76.8 Å². The molecule has 0 aromatic heterocycles. The Morgan fingerprint density at radius 2 is 1.59 bits per heavy atom. The molecule has 4 rings (SSSR count). The smallest absolute Gasteiger partial charge is 0.243 e. The van der Waals surface area contributed by atoms with Crippen LogP contribution in [0.2, 0.25) is 0 Å². The van der Waals surface area contributed by atoms with E-state index in [1.165, 1.54) is 23.1 Å². The highest BCUT2D eigenvalue weighted by atomic mass is 79.9. The minimum Gasteiger partial charge on any atom is -0.352 e. The van der Waals surface area contributed by atoms with Crippen LogP contribution in [0.3, 0.4) is 0 Å². The van der Waals surface area contributed by atoms with Crippen molar-refractivity contribution in [1.82, 2.24) is 10.2 Å². The molecule has 0 saturated heterocycles. The molecule has 4 nitrogen and oxygen atoms in total. The first-order valence-electron chi connectivity index (χ1n) is 13.9. The van der Waals surface area contributed by atoms with Crippen molar-refractivity contribution in [3.8, 4) is 0 Å². The van der Waals surface area contributed by atoms with E-state index in [9.17, 15) is 9.59 Å². The van der Waals surface area contributed by atoms with Crippen LogP contribution in [0.25, 0.3) is 0 Å². The largest absolute Gasteiger partial charge is 0.352 e. The van der Waals surface area contributed by atoms with Crippen LogP contribution in [0.15, 0.2) is 77.3 Å². The summed E-state index contributed by atoms with van der Waals surface area (Å²) in [4.78, 5) is 29.6. The van der Waals surface area contributed by atoms with Gasteiger partial charge in [-0.05, 0) is 55.5 Å². The van der Waals surface area contributed by atoms with E-state index in [2.05, 4.69) is 53.3 Å². The third kappa shape index (κ3) is 9.25. The maximum Gasteiger partial charge on any atom is 0.243 e. The van der Waals surface area contributed by atoms with Crippen LogP contribution in [-0.4, -0.2) is 34.6 Å². The third-order valence-electron chi connectivity index (χ3n) is 7.24. The summed E-state index contributed by atoms with van der Waals surface area (Å²) in [7, 11) is 0. The zero-order valence-electron chi connectivity index (χ0n) is 23.0. The van der Waals surface area contributed by atoms with Gasteiger partial charge in [-0.2, -0.15) is 0 Å². The minimum absolute atomic E-state index is 0.0101. The van der Waals surface area contributed by atoms with Gasteiger partial charge in [-0.25, -0.2) is 0 Å². The van der Waals surface area contributed by atoms with Gasteiger partial charge in [-0.1, -0.05) is 107 Å². The van der Waals surface area contributed by atoms with E-state index in [1.54, 1.807) is 16.7 Å². The Morgan fingerprint density at radius 1 is 0.897 bits per heavy atom. The Balaban J connectivity index is 1.57. The fourth-order valence-electron chi connectivity index (χ4n) is 5.42. The van der Waals surface area contributed by atoms with Crippen molar-refractivity contribution in [2.75, 3.05) is 5.75 Å². The minimum atomic E-state index is -0.581. The number of nitrogens with zero attached hydrogens (tertiary/aromatic N) is 1. The summed E-state index contributed by atoms with van der Waals surface area (Å²) in [6.07, 6.45) is 6.02. The van der Waals surface area contributed by atoms with Crippen molar-refractivity contribution in [2.24, 2.45) is 0 Å². The summed E-state index contributed by atoms with van der Waals surface area (Å²) in [5, 5.41) is 3.32. The zero-order chi connectivity index (χ0) is 27.6. The van der Waals surface area contributed by atoms with Crippen molar-refractivity contribution in [3.05, 3.63) is 105 Å². The monoisotopic (exact) mass is 606 g/mol. The molecular formula is C33H39BrN2O2S. The lowest BCUT2D eigenvalue weighted by atomic mass is 9.94. The maximum atomic E-state index is 13.9. The lowest BCUT2D eigenvalue weighted by Gasteiger charge is -2.33. The maximum absolute atomic E-state index is 13.9. The highest BCUT2D eigenvalue weighted by molar-refractivity contribution is 9.10. The van der Waals surface area contributed by atoms with E-state index >= 15 is 0 Å². The van der Waals surface area contributed by atoms with Crippen molar-refractivity contribution in [3.63, 3.8) is 0 Å². The first-order chi connectivity index (χ1) is 18.9. The average Bonchev–Trinajstić information content (AvgIpc) is 2.91. The number of rotatable bonds is 11. The first-order valence-corrected chi connectivity index (χ1v) is 15.9. The second kappa shape index (κ2) is 14.7. The normalized spacial score (nSPS) is 14.5. The number of carbonyl (C=O) groups is 2. The zero-order valence-corrected chi connectivity index (χ0v) is 25.4. The van der Waals surface area contributed by atoms with Crippen molar-refractivity contribution < 1.29 is 9.59 Å². The predicted octanol–water partition coefficient (Wildman–Crippen LogP) is 7.39. The van der Waals surface area contributed by atoms with Crippen LogP contribution in [0, 0.1) is 13.8 Å². The van der Waals surface area contributed by atoms with Gasteiger partial charge in [0.15, 0.2) is 0 Å². The number of thioether (sulfide) groups is 1. The second-order valence-electron chi connectivity index (χ2n) is 10.7. The van der Waals surface area contributed by atoms with Gasteiger partial charge in [-0.3, -0.25) is 9.59 Å². The number of nitrogens with one attached hydrogen (secondary N) is 1. The van der Waals surface area contributed by atoms with Crippen LogP contribution in [0.1, 0.15) is 59.9 Å². The fraction of sp³-hybridized carbons (Fsp3) is 0.394. The molecule has 1 aliphatic carbocycles. The van der Waals surface area contributed by atoms with E-state index in [1.807, 2.05) is 54.6 Å². The number of benzene rings is 3. The van der Waals surface area contributed by atoms with E-state index in [0.717, 1.165) is 47.0 Å². The lowest BCUT2D eigenvalue weighted by molar-refractivity contribution is -0.139. The first kappa shape index (κ1) is 29.4. The molecular weight excluding hydrogens is 568 g/mol. The molecule has 0 heterocycles. The molecule has 6 heteroatoms. The summed E-state index contributed by atoms with van der Waals surface area (Å²) in [6, 6.07) is 24.2. The molecule has 0 radical (unpaired) electrons. The highest BCUT2D eigenvalue weighted by Crippen LogP contribution is 2.22. The third-order valence-corrected chi connectivity index (χ3v) is 8.72. The number of carbonyl (C=O) groups excluding carboxylic acids is 2. The summed E-state index contributed by atoms with van der Waals surface area (Å²) < 4.78 is 0.961. The number of amides is 2. The number of hydrogen-bond acceptors (Lipinski definition) is 3. The van der Waals surface area contributed by atoms with Crippen LogP contribution in [0.4, 0.5) is 0 Å². The molecule has 39 heavy (non-hydrogen) atoms. The van der Waals surface area contributed by atoms with Crippen molar-refractivity contribution in [1.29, 1.82) is 0 Å². The Labute approximate surface area is 246 Å². The molecule has 0 aliphatic heterocycles. The van der Waals surface area contributed by atoms with E-state index in [0.29, 0.717) is 18.7 Å². The quantitative estimate of drug-likeness (QED) is 0.247. The molecule has 3 aromatic rings. The standard InChI is InChI=1S/C33H39BrN2O2S/c1-24-16-25(2)18-28(17-24)22-39-23-32(37)36(21-27-12-9-13-29(34)19-27)31(20-26-10-5-3-6-11-26)33(38)35-30-14-7-4-8-15-30/h3,5-6,9-13,16-19,30-31H,4,7-8,14-15,20-23H2,1-2H3,(H,35,38). The predicted molar refractivity (Wildman–Crippen MR) is 166 cm³/mol. The topological polar surface area (TPSA) is 49.4 Å². The van der Waals surface area contributed by atoms with Gasteiger partial charge < -0.3 is 10.2 Å². The van der Waals surface area contributed by atoms with E-state index in [4.69, 9.17) is 0 Å². The molecule has 206 valence electrons. The molecule has 1 saturated carbocycles. The van der Waals surface area contributed by atoms with Crippen LogP contribution in [0.5, 0.6) is 0 Å². The van der Waals surface area contributed by atoms with E-state index in [-0.39, 0.29) is 17.9 Å².